The molecule has 2 aromatic carbocycles. The van der Waals surface area contributed by atoms with Crippen molar-refractivity contribution in [3.63, 3.8) is 0 Å². The first-order chi connectivity index (χ1) is 12.7. The third kappa shape index (κ3) is 3.63. The van der Waals surface area contributed by atoms with Gasteiger partial charge in [0.15, 0.2) is 0 Å². The largest absolute Gasteiger partial charge is 0.349 e. The Morgan fingerprint density at radius 3 is 2.54 bits per heavy atom. The van der Waals surface area contributed by atoms with Gasteiger partial charge in [0, 0.05) is 34.5 Å². The van der Waals surface area contributed by atoms with E-state index in [-0.39, 0.29) is 11.7 Å². The number of amides is 1. The molecule has 3 nitrogen and oxygen atoms in total. The number of carbonyl (C=O) groups is 1. The quantitative estimate of drug-likeness (QED) is 0.702. The second-order valence-corrected chi connectivity index (χ2v) is 7.74. The van der Waals surface area contributed by atoms with Crippen LogP contribution in [0.15, 0.2) is 58.5 Å². The minimum atomic E-state index is -0.244. The monoisotopic (exact) mass is 368 g/mol. The van der Waals surface area contributed by atoms with E-state index in [9.17, 15) is 9.18 Å². The number of hydrogen-bond acceptors (Lipinski definition) is 2. The SMILES string of the molecule is O=C(Cc1c(Sc2ccc(F)cc2)[nH]c2ccccc12)N1CCCCC1. The van der Waals surface area contributed by atoms with Gasteiger partial charge < -0.3 is 9.88 Å². The molecule has 1 aromatic heterocycles. The number of nitrogens with zero attached hydrogens (tertiary/aromatic N) is 1. The number of fused-ring (bicyclic) bond motifs is 1. The van der Waals surface area contributed by atoms with Crippen molar-refractivity contribution < 1.29 is 9.18 Å². The van der Waals surface area contributed by atoms with Gasteiger partial charge in [-0.3, -0.25) is 4.79 Å². The minimum Gasteiger partial charge on any atom is -0.349 e. The van der Waals surface area contributed by atoms with Crippen molar-refractivity contribution in [2.45, 2.75) is 35.6 Å². The van der Waals surface area contributed by atoms with Crippen LogP contribution >= 0.6 is 11.8 Å². The van der Waals surface area contributed by atoms with Crippen LogP contribution in [0.1, 0.15) is 24.8 Å². The molecule has 1 aliphatic rings. The van der Waals surface area contributed by atoms with Crippen LogP contribution in [0, 0.1) is 5.82 Å². The highest BCUT2D eigenvalue weighted by Crippen LogP contribution is 2.35. The van der Waals surface area contributed by atoms with E-state index in [4.69, 9.17) is 0 Å². The highest BCUT2D eigenvalue weighted by molar-refractivity contribution is 7.99. The van der Waals surface area contributed by atoms with Crippen molar-refractivity contribution in [1.82, 2.24) is 9.88 Å². The van der Waals surface area contributed by atoms with Crippen molar-refractivity contribution >= 4 is 28.6 Å². The molecule has 1 amide bonds. The molecular weight excluding hydrogens is 347 g/mol. The van der Waals surface area contributed by atoms with Gasteiger partial charge in [-0.15, -0.1) is 0 Å². The highest BCUT2D eigenvalue weighted by Gasteiger charge is 2.21. The van der Waals surface area contributed by atoms with Crippen molar-refractivity contribution in [3.05, 3.63) is 59.9 Å². The lowest BCUT2D eigenvalue weighted by Gasteiger charge is -2.26. The number of para-hydroxylation sites is 1. The molecule has 0 bridgehead atoms. The number of halogens is 1. The zero-order valence-corrected chi connectivity index (χ0v) is 15.3. The molecule has 1 fully saturated rings. The maximum absolute atomic E-state index is 13.2. The second kappa shape index (κ2) is 7.54. The Hall–Kier alpha value is -2.27. The summed E-state index contributed by atoms with van der Waals surface area (Å²) < 4.78 is 13.2. The minimum absolute atomic E-state index is 0.190. The van der Waals surface area contributed by atoms with Gasteiger partial charge in [-0.25, -0.2) is 4.39 Å². The molecule has 5 heteroatoms. The number of aromatic amines is 1. The summed E-state index contributed by atoms with van der Waals surface area (Å²) in [6.45, 7) is 1.73. The normalized spacial score (nSPS) is 14.7. The topological polar surface area (TPSA) is 36.1 Å². The summed E-state index contributed by atoms with van der Waals surface area (Å²) in [4.78, 5) is 19.2. The number of hydrogen-bond donors (Lipinski definition) is 1. The Morgan fingerprint density at radius 1 is 1.04 bits per heavy atom. The number of likely N-dealkylation sites (tertiary alicyclic amines) is 1. The fourth-order valence-electron chi connectivity index (χ4n) is 3.46. The highest BCUT2D eigenvalue weighted by atomic mass is 32.2. The first-order valence-electron chi connectivity index (χ1n) is 9.01. The summed E-state index contributed by atoms with van der Waals surface area (Å²) in [6.07, 6.45) is 3.80. The first kappa shape index (κ1) is 17.2. The Morgan fingerprint density at radius 2 is 1.77 bits per heavy atom. The summed E-state index contributed by atoms with van der Waals surface area (Å²) in [5, 5.41) is 2.05. The Bertz CT molecular complexity index is 913. The lowest BCUT2D eigenvalue weighted by Crippen LogP contribution is -2.36. The van der Waals surface area contributed by atoms with E-state index in [1.54, 1.807) is 23.9 Å². The van der Waals surface area contributed by atoms with E-state index in [0.717, 1.165) is 52.3 Å². The van der Waals surface area contributed by atoms with Gasteiger partial charge in [0.05, 0.1) is 11.4 Å². The van der Waals surface area contributed by atoms with E-state index < -0.39 is 0 Å². The summed E-state index contributed by atoms with van der Waals surface area (Å²) in [5.41, 5.74) is 2.06. The van der Waals surface area contributed by atoms with Crippen LogP contribution < -0.4 is 0 Å². The van der Waals surface area contributed by atoms with Gasteiger partial charge in [-0.1, -0.05) is 30.0 Å². The molecule has 0 spiro atoms. The molecule has 0 unspecified atom stereocenters. The molecule has 134 valence electrons. The maximum atomic E-state index is 13.2. The standard InChI is InChI=1S/C21H21FN2OS/c22-15-8-10-16(11-9-15)26-21-18(17-6-2-3-7-19(17)23-21)14-20(25)24-12-4-1-5-13-24/h2-3,6-11,23H,1,4-5,12-14H2. The molecule has 3 aromatic rings. The summed E-state index contributed by atoms with van der Waals surface area (Å²) in [6, 6.07) is 14.5. The predicted molar refractivity (Wildman–Crippen MR) is 103 cm³/mol. The van der Waals surface area contributed by atoms with E-state index >= 15 is 0 Å². The van der Waals surface area contributed by atoms with Crippen LogP contribution in [0.25, 0.3) is 10.9 Å². The fourth-order valence-corrected chi connectivity index (χ4v) is 4.44. The predicted octanol–water partition coefficient (Wildman–Crippen LogP) is 5.01. The molecule has 2 heterocycles. The number of benzene rings is 2. The van der Waals surface area contributed by atoms with Gasteiger partial charge in [0.25, 0.3) is 0 Å². The number of H-pyrrole nitrogens is 1. The molecule has 1 aliphatic heterocycles. The van der Waals surface area contributed by atoms with Gasteiger partial charge in [-0.05, 0) is 49.6 Å². The molecule has 0 aliphatic carbocycles. The third-order valence-corrected chi connectivity index (χ3v) is 5.91. The zero-order valence-electron chi connectivity index (χ0n) is 14.5. The van der Waals surface area contributed by atoms with Crippen LogP contribution in [0.5, 0.6) is 0 Å². The Balaban J connectivity index is 1.65. The molecule has 4 rings (SSSR count). The van der Waals surface area contributed by atoms with E-state index in [2.05, 4.69) is 11.1 Å². The smallest absolute Gasteiger partial charge is 0.227 e. The molecule has 0 radical (unpaired) electrons. The van der Waals surface area contributed by atoms with Crippen molar-refractivity contribution in [3.8, 4) is 0 Å². The van der Waals surface area contributed by atoms with Crippen molar-refractivity contribution in [1.29, 1.82) is 0 Å². The first-order valence-corrected chi connectivity index (χ1v) is 9.83. The molecule has 0 saturated carbocycles. The van der Waals surface area contributed by atoms with Crippen LogP contribution in [0.4, 0.5) is 4.39 Å². The summed E-state index contributed by atoms with van der Waals surface area (Å²) in [5.74, 6) is -0.0538. The van der Waals surface area contributed by atoms with Gasteiger partial charge >= 0.3 is 0 Å². The van der Waals surface area contributed by atoms with E-state index in [1.165, 1.54) is 18.6 Å². The van der Waals surface area contributed by atoms with Gasteiger partial charge in [0.1, 0.15) is 5.82 Å². The summed E-state index contributed by atoms with van der Waals surface area (Å²) in [7, 11) is 0. The number of carbonyl (C=O) groups excluding carboxylic acids is 1. The number of rotatable bonds is 4. The average molecular weight is 368 g/mol. The number of piperidine rings is 1. The third-order valence-electron chi connectivity index (χ3n) is 4.84. The van der Waals surface area contributed by atoms with Crippen LogP contribution in [0.2, 0.25) is 0 Å². The molecule has 26 heavy (non-hydrogen) atoms. The second-order valence-electron chi connectivity index (χ2n) is 6.65. The van der Waals surface area contributed by atoms with Crippen molar-refractivity contribution in [2.75, 3.05) is 13.1 Å². The average Bonchev–Trinajstić information content (AvgIpc) is 3.01. The number of aromatic nitrogens is 1. The number of nitrogens with one attached hydrogen (secondary N) is 1. The van der Waals surface area contributed by atoms with Crippen molar-refractivity contribution in [2.24, 2.45) is 0 Å². The molecule has 1 saturated heterocycles. The lowest BCUT2D eigenvalue weighted by molar-refractivity contribution is -0.131. The summed E-state index contributed by atoms with van der Waals surface area (Å²) >= 11 is 1.54. The zero-order chi connectivity index (χ0) is 17.9. The lowest BCUT2D eigenvalue weighted by atomic mass is 10.1. The van der Waals surface area contributed by atoms with Gasteiger partial charge in [-0.2, -0.15) is 0 Å². The fraction of sp³-hybridized carbons (Fsp3) is 0.286. The molecular formula is C21H21FN2OS. The van der Waals surface area contributed by atoms with Crippen LogP contribution in [-0.2, 0) is 11.2 Å². The molecule has 0 atom stereocenters. The molecule has 1 N–H and O–H groups in total. The van der Waals surface area contributed by atoms with Crippen LogP contribution in [0.3, 0.4) is 0 Å². The Labute approximate surface area is 156 Å². The van der Waals surface area contributed by atoms with E-state index in [0.29, 0.717) is 6.42 Å². The Kier molecular flexibility index (Phi) is 4.98. The maximum Gasteiger partial charge on any atom is 0.227 e. The van der Waals surface area contributed by atoms with Gasteiger partial charge in [0.2, 0.25) is 5.91 Å². The van der Waals surface area contributed by atoms with Crippen LogP contribution in [-0.4, -0.2) is 28.9 Å². The van der Waals surface area contributed by atoms with E-state index in [1.807, 2.05) is 23.1 Å².